The number of nitrogens with one attached hydrogen (secondary N) is 1. The maximum absolute atomic E-state index is 12.8. The number of ether oxygens (including phenoxy) is 4. The molecule has 0 radical (unpaired) electrons. The van der Waals surface area contributed by atoms with E-state index in [0.29, 0.717) is 21.5 Å². The highest BCUT2D eigenvalue weighted by Gasteiger charge is 2.22. The first-order chi connectivity index (χ1) is 13.4. The van der Waals surface area contributed by atoms with Crippen molar-refractivity contribution in [2.24, 2.45) is 0 Å². The molecule has 1 N–H and O–H groups in total. The average molecular weight is 449 g/mol. The molecule has 8 nitrogen and oxygen atoms in total. The van der Waals surface area contributed by atoms with Gasteiger partial charge in [-0.3, -0.25) is 9.59 Å². The Balaban J connectivity index is 2.20. The molecule has 0 aliphatic carbocycles. The number of methoxy groups -OCH3 is 4. The molecule has 3 aromatic rings. The van der Waals surface area contributed by atoms with Crippen LogP contribution in [0.2, 0.25) is 0 Å². The number of fused-ring (bicyclic) bond motifs is 1. The average Bonchev–Trinajstić information content (AvgIpc) is 2.71. The smallest absolute Gasteiger partial charge is 0.263 e. The van der Waals surface area contributed by atoms with Crippen molar-refractivity contribution in [1.82, 2.24) is 9.97 Å². The topological polar surface area (TPSA) is 99.7 Å². The molecule has 2 aromatic carbocycles. The Kier molecular flexibility index (Phi) is 5.55. The van der Waals surface area contributed by atoms with Crippen LogP contribution in [0, 0.1) is 0 Å². The fraction of sp³-hybridized carbons (Fsp3) is 0.211. The lowest BCUT2D eigenvalue weighted by Gasteiger charge is -2.14. The maximum atomic E-state index is 12.8. The van der Waals surface area contributed by atoms with E-state index in [0.717, 1.165) is 0 Å². The monoisotopic (exact) mass is 448 g/mol. The fourth-order valence-corrected chi connectivity index (χ4v) is 3.36. The lowest BCUT2D eigenvalue weighted by Crippen LogP contribution is -2.17. The summed E-state index contributed by atoms with van der Waals surface area (Å²) in [6.45, 7) is 0. The molecular weight excluding hydrogens is 432 g/mol. The number of halogens is 1. The largest absolute Gasteiger partial charge is 0.496 e. The second-order valence-electron chi connectivity index (χ2n) is 5.63. The standard InChI is InChI=1S/C19H17BrN2O6/c1-25-12-6-5-9(7-10(12)20)15(23)18-21-11-8-13(26-2)16(27-3)17(28-4)14(11)19(24)22-18/h5-8H,1-4H3,(H,21,22,24). The first-order valence-corrected chi connectivity index (χ1v) is 8.85. The molecule has 146 valence electrons. The zero-order valence-electron chi connectivity index (χ0n) is 15.6. The predicted octanol–water partition coefficient (Wildman–Crippen LogP) is 2.95. The normalized spacial score (nSPS) is 10.6. The number of hydrogen-bond donors (Lipinski definition) is 1. The van der Waals surface area contributed by atoms with E-state index >= 15 is 0 Å². The number of rotatable bonds is 6. The van der Waals surface area contributed by atoms with Gasteiger partial charge in [-0.15, -0.1) is 0 Å². The van der Waals surface area contributed by atoms with Crippen molar-refractivity contribution < 1.29 is 23.7 Å². The van der Waals surface area contributed by atoms with Crippen LogP contribution < -0.4 is 24.5 Å². The zero-order valence-corrected chi connectivity index (χ0v) is 17.2. The number of carbonyl (C=O) groups excluding carboxylic acids is 1. The van der Waals surface area contributed by atoms with Gasteiger partial charge in [0.25, 0.3) is 5.56 Å². The van der Waals surface area contributed by atoms with Gasteiger partial charge in [0, 0.05) is 11.6 Å². The summed E-state index contributed by atoms with van der Waals surface area (Å²) in [6, 6.07) is 6.35. The summed E-state index contributed by atoms with van der Waals surface area (Å²) in [7, 11) is 5.83. The highest BCUT2D eigenvalue weighted by atomic mass is 79.9. The van der Waals surface area contributed by atoms with Gasteiger partial charge in [0.05, 0.1) is 38.4 Å². The van der Waals surface area contributed by atoms with E-state index in [1.165, 1.54) is 34.5 Å². The number of hydrogen-bond acceptors (Lipinski definition) is 7. The summed E-state index contributed by atoms with van der Waals surface area (Å²) in [5, 5.41) is 0.160. The molecule has 9 heteroatoms. The van der Waals surface area contributed by atoms with Gasteiger partial charge in [0.1, 0.15) is 11.1 Å². The molecule has 0 spiro atoms. The van der Waals surface area contributed by atoms with E-state index in [9.17, 15) is 9.59 Å². The molecule has 1 aromatic heterocycles. The third kappa shape index (κ3) is 3.29. The van der Waals surface area contributed by atoms with Crippen LogP contribution in [0.4, 0.5) is 0 Å². The van der Waals surface area contributed by atoms with Crippen LogP contribution in [0.3, 0.4) is 0 Å². The zero-order chi connectivity index (χ0) is 20.4. The molecule has 0 fully saturated rings. The molecule has 0 saturated heterocycles. The molecule has 0 aliphatic rings. The van der Waals surface area contributed by atoms with Gasteiger partial charge in [0.15, 0.2) is 17.3 Å². The van der Waals surface area contributed by atoms with Crippen molar-refractivity contribution in [3.8, 4) is 23.0 Å². The minimum absolute atomic E-state index is 0.108. The molecule has 0 saturated carbocycles. The Bertz CT molecular complexity index is 1130. The van der Waals surface area contributed by atoms with Gasteiger partial charge in [-0.1, -0.05) is 0 Å². The van der Waals surface area contributed by atoms with Crippen molar-refractivity contribution in [3.05, 3.63) is 50.5 Å². The van der Waals surface area contributed by atoms with Crippen LogP contribution in [0.5, 0.6) is 23.0 Å². The molecule has 28 heavy (non-hydrogen) atoms. The maximum Gasteiger partial charge on any atom is 0.263 e. The van der Waals surface area contributed by atoms with Gasteiger partial charge in [-0.25, -0.2) is 4.98 Å². The summed E-state index contributed by atoms with van der Waals surface area (Å²) in [4.78, 5) is 32.4. The lowest BCUT2D eigenvalue weighted by atomic mass is 10.1. The fourth-order valence-electron chi connectivity index (χ4n) is 2.82. The minimum Gasteiger partial charge on any atom is -0.496 e. The van der Waals surface area contributed by atoms with E-state index < -0.39 is 11.3 Å². The molecular formula is C19H17BrN2O6. The second kappa shape index (κ2) is 7.89. The molecule has 0 bridgehead atoms. The van der Waals surface area contributed by atoms with Crippen LogP contribution in [0.15, 0.2) is 33.5 Å². The number of aromatic amines is 1. The molecule has 0 aliphatic heterocycles. The number of H-pyrrole nitrogens is 1. The summed E-state index contributed by atoms with van der Waals surface area (Å²) < 4.78 is 21.7. The second-order valence-corrected chi connectivity index (χ2v) is 6.49. The molecule has 0 atom stereocenters. The van der Waals surface area contributed by atoms with E-state index in [4.69, 9.17) is 18.9 Å². The third-order valence-corrected chi connectivity index (χ3v) is 4.75. The van der Waals surface area contributed by atoms with Crippen molar-refractivity contribution in [1.29, 1.82) is 0 Å². The van der Waals surface area contributed by atoms with Crippen molar-refractivity contribution in [2.75, 3.05) is 28.4 Å². The third-order valence-electron chi connectivity index (χ3n) is 4.13. The van der Waals surface area contributed by atoms with Crippen LogP contribution >= 0.6 is 15.9 Å². The van der Waals surface area contributed by atoms with Gasteiger partial charge in [-0.05, 0) is 34.1 Å². The Morgan fingerprint density at radius 2 is 1.64 bits per heavy atom. The number of nitrogens with zero attached hydrogens (tertiary/aromatic N) is 1. The quantitative estimate of drug-likeness (QED) is 0.578. The summed E-state index contributed by atoms with van der Waals surface area (Å²) in [5.74, 6) is 0.799. The molecule has 3 rings (SSSR count). The van der Waals surface area contributed by atoms with E-state index in [2.05, 4.69) is 25.9 Å². The Labute approximate surface area is 168 Å². The Morgan fingerprint density at radius 3 is 2.21 bits per heavy atom. The van der Waals surface area contributed by atoms with Crippen molar-refractivity contribution >= 4 is 32.6 Å². The SMILES string of the molecule is COc1ccc(C(=O)c2nc3cc(OC)c(OC)c(OC)c3c(=O)[nH]2)cc1Br. The Hall–Kier alpha value is -3.07. The number of ketones is 1. The van der Waals surface area contributed by atoms with Crippen LogP contribution in [-0.4, -0.2) is 44.2 Å². The lowest BCUT2D eigenvalue weighted by molar-refractivity contribution is 0.102. The minimum atomic E-state index is -0.529. The van der Waals surface area contributed by atoms with E-state index in [-0.39, 0.29) is 28.2 Å². The van der Waals surface area contributed by atoms with Gasteiger partial charge in [-0.2, -0.15) is 0 Å². The summed E-state index contributed by atoms with van der Waals surface area (Å²) in [6.07, 6.45) is 0. The van der Waals surface area contributed by atoms with Gasteiger partial charge in [0.2, 0.25) is 11.5 Å². The van der Waals surface area contributed by atoms with E-state index in [1.807, 2.05) is 0 Å². The van der Waals surface area contributed by atoms with Gasteiger partial charge < -0.3 is 23.9 Å². The molecule has 0 unspecified atom stereocenters. The highest BCUT2D eigenvalue weighted by molar-refractivity contribution is 9.10. The van der Waals surface area contributed by atoms with Crippen LogP contribution in [0.25, 0.3) is 10.9 Å². The number of carbonyl (C=O) groups is 1. The van der Waals surface area contributed by atoms with Crippen molar-refractivity contribution in [3.63, 3.8) is 0 Å². The molecule has 1 heterocycles. The highest BCUT2D eigenvalue weighted by Crippen LogP contribution is 2.41. The van der Waals surface area contributed by atoms with Crippen molar-refractivity contribution in [2.45, 2.75) is 0 Å². The predicted molar refractivity (Wildman–Crippen MR) is 106 cm³/mol. The van der Waals surface area contributed by atoms with Gasteiger partial charge >= 0.3 is 0 Å². The Morgan fingerprint density at radius 1 is 0.964 bits per heavy atom. The van der Waals surface area contributed by atoms with Crippen LogP contribution in [0.1, 0.15) is 16.2 Å². The summed E-state index contributed by atoms with van der Waals surface area (Å²) in [5.41, 5.74) is 0.0514. The molecule has 0 amide bonds. The first-order valence-electron chi connectivity index (χ1n) is 8.06. The number of aromatic nitrogens is 2. The first kappa shape index (κ1) is 19.7. The number of benzene rings is 2. The summed E-state index contributed by atoms with van der Waals surface area (Å²) >= 11 is 3.34. The van der Waals surface area contributed by atoms with E-state index in [1.54, 1.807) is 18.2 Å². The van der Waals surface area contributed by atoms with Crippen LogP contribution in [-0.2, 0) is 0 Å².